The minimum Gasteiger partial charge on any atom is -0.480 e. The number of fused-ring (bicyclic) bond motifs is 1. The van der Waals surface area contributed by atoms with Crippen LogP contribution in [0.4, 0.5) is 0 Å². The third-order valence-corrected chi connectivity index (χ3v) is 4.30. The molecule has 0 bridgehead atoms. The first kappa shape index (κ1) is 20.6. The van der Waals surface area contributed by atoms with Crippen LogP contribution in [0.25, 0.3) is 10.9 Å². The highest BCUT2D eigenvalue weighted by molar-refractivity contribution is 5.85. The van der Waals surface area contributed by atoms with Gasteiger partial charge < -0.3 is 26.7 Å². The second-order valence-corrected chi connectivity index (χ2v) is 6.89. The van der Waals surface area contributed by atoms with Crippen LogP contribution in [0.2, 0.25) is 0 Å². The number of rotatable bonds is 6. The van der Waals surface area contributed by atoms with E-state index in [1.807, 2.05) is 60.8 Å². The zero-order valence-corrected chi connectivity index (χ0v) is 15.4. The number of nitrogens with two attached hydrogens (primary N) is 2. The van der Waals surface area contributed by atoms with Crippen molar-refractivity contribution in [3.8, 4) is 0 Å². The van der Waals surface area contributed by atoms with Crippen molar-refractivity contribution in [2.75, 3.05) is 6.61 Å². The summed E-state index contributed by atoms with van der Waals surface area (Å²) in [4.78, 5) is 14.0. The molecule has 0 radical (unpaired) electrons. The van der Waals surface area contributed by atoms with Gasteiger partial charge in [0.2, 0.25) is 0 Å². The van der Waals surface area contributed by atoms with Gasteiger partial charge in [-0.1, -0.05) is 48.5 Å². The normalized spacial score (nSPS) is 14.1. The van der Waals surface area contributed by atoms with E-state index < -0.39 is 11.5 Å². The molecule has 0 saturated heterocycles. The third-order valence-electron chi connectivity index (χ3n) is 4.30. The zero-order chi connectivity index (χ0) is 19.9. The number of aromatic amines is 1. The number of aromatic nitrogens is 1. The quantitative estimate of drug-likeness (QED) is 0.455. The molecule has 2 unspecified atom stereocenters. The number of aliphatic carboxylic acids is 1. The van der Waals surface area contributed by atoms with E-state index in [-0.39, 0.29) is 12.6 Å². The summed E-state index contributed by atoms with van der Waals surface area (Å²) in [5.74, 6) is -0.988. The van der Waals surface area contributed by atoms with Gasteiger partial charge in [-0.2, -0.15) is 0 Å². The molecule has 0 fully saturated rings. The Morgan fingerprint density at radius 1 is 1.15 bits per heavy atom. The molecule has 0 aliphatic carbocycles. The second-order valence-electron chi connectivity index (χ2n) is 6.89. The first-order valence-corrected chi connectivity index (χ1v) is 8.81. The molecular weight excluding hydrogens is 342 g/mol. The summed E-state index contributed by atoms with van der Waals surface area (Å²) in [6, 6.07) is 17.6. The van der Waals surface area contributed by atoms with E-state index >= 15 is 0 Å². The predicted molar refractivity (Wildman–Crippen MR) is 107 cm³/mol. The number of carboxylic acids is 1. The van der Waals surface area contributed by atoms with Crippen LogP contribution in [0, 0.1) is 0 Å². The Bertz CT molecular complexity index is 859. The number of aliphatic hydroxyl groups excluding tert-OH is 1. The van der Waals surface area contributed by atoms with Crippen LogP contribution < -0.4 is 11.5 Å². The largest absolute Gasteiger partial charge is 0.480 e. The lowest BCUT2D eigenvalue weighted by molar-refractivity contribution is -0.142. The highest BCUT2D eigenvalue weighted by atomic mass is 16.4. The molecule has 3 aromatic rings. The molecule has 6 nitrogen and oxygen atoms in total. The van der Waals surface area contributed by atoms with E-state index in [0.29, 0.717) is 6.42 Å². The van der Waals surface area contributed by atoms with Crippen molar-refractivity contribution >= 4 is 16.9 Å². The van der Waals surface area contributed by atoms with Crippen molar-refractivity contribution in [2.45, 2.75) is 31.3 Å². The Balaban J connectivity index is 0.000000208. The Morgan fingerprint density at radius 2 is 1.78 bits per heavy atom. The molecule has 3 rings (SSSR count). The Hall–Kier alpha value is -2.67. The van der Waals surface area contributed by atoms with Crippen molar-refractivity contribution in [3.63, 3.8) is 0 Å². The van der Waals surface area contributed by atoms with Gasteiger partial charge in [-0.05, 0) is 30.5 Å². The van der Waals surface area contributed by atoms with E-state index in [4.69, 9.17) is 21.7 Å². The lowest BCUT2D eigenvalue weighted by Gasteiger charge is -2.18. The number of hydrogen-bond acceptors (Lipinski definition) is 4. The van der Waals surface area contributed by atoms with Gasteiger partial charge in [0, 0.05) is 29.6 Å². The molecule has 2 atom stereocenters. The lowest BCUT2D eigenvalue weighted by Crippen LogP contribution is -2.46. The highest BCUT2D eigenvalue weighted by Gasteiger charge is 2.28. The Labute approximate surface area is 158 Å². The first-order chi connectivity index (χ1) is 12.8. The number of para-hydroxylation sites is 1. The SMILES string of the molecule is CC(N)(Cc1c[nH]c2ccccc12)C(=O)O.NC(CO)Cc1ccccc1. The van der Waals surface area contributed by atoms with Gasteiger partial charge in [0.1, 0.15) is 5.54 Å². The maximum atomic E-state index is 10.9. The van der Waals surface area contributed by atoms with Crippen LogP contribution in [-0.4, -0.2) is 39.4 Å². The molecule has 2 aromatic carbocycles. The van der Waals surface area contributed by atoms with Gasteiger partial charge in [-0.3, -0.25) is 4.79 Å². The van der Waals surface area contributed by atoms with Gasteiger partial charge in [0.25, 0.3) is 0 Å². The number of H-pyrrole nitrogens is 1. The molecular formula is C21H27N3O3. The molecule has 1 aromatic heterocycles. The highest BCUT2D eigenvalue weighted by Crippen LogP contribution is 2.21. The fourth-order valence-electron chi connectivity index (χ4n) is 2.73. The predicted octanol–water partition coefficient (Wildman–Crippen LogP) is 2.06. The summed E-state index contributed by atoms with van der Waals surface area (Å²) >= 11 is 0. The number of carbonyl (C=O) groups is 1. The van der Waals surface area contributed by atoms with Crippen LogP contribution >= 0.6 is 0 Å². The standard InChI is InChI=1S/C12H14N2O2.C9H13NO/c1-12(13,11(15)16)6-8-7-14-10-5-3-2-4-9(8)10;10-9(7-11)6-8-4-2-1-3-5-8/h2-5,7,14H,6,13H2,1H3,(H,15,16);1-5,9,11H,6-7,10H2. The smallest absolute Gasteiger partial charge is 0.323 e. The van der Waals surface area contributed by atoms with Crippen LogP contribution in [0.15, 0.2) is 60.8 Å². The van der Waals surface area contributed by atoms with Crippen LogP contribution in [0.1, 0.15) is 18.1 Å². The van der Waals surface area contributed by atoms with E-state index in [2.05, 4.69) is 4.98 Å². The minimum absolute atomic E-state index is 0.0505. The van der Waals surface area contributed by atoms with Crippen molar-refractivity contribution in [3.05, 3.63) is 71.9 Å². The summed E-state index contributed by atoms with van der Waals surface area (Å²) in [5.41, 5.74) is 13.2. The summed E-state index contributed by atoms with van der Waals surface area (Å²) in [7, 11) is 0. The molecule has 0 aliphatic heterocycles. The topological polar surface area (TPSA) is 125 Å². The van der Waals surface area contributed by atoms with E-state index in [0.717, 1.165) is 22.9 Å². The van der Waals surface area contributed by atoms with Gasteiger partial charge >= 0.3 is 5.97 Å². The van der Waals surface area contributed by atoms with Crippen molar-refractivity contribution in [1.82, 2.24) is 4.98 Å². The monoisotopic (exact) mass is 369 g/mol. The van der Waals surface area contributed by atoms with E-state index in [1.165, 1.54) is 12.5 Å². The lowest BCUT2D eigenvalue weighted by atomic mass is 9.94. The van der Waals surface area contributed by atoms with Crippen molar-refractivity contribution in [2.24, 2.45) is 11.5 Å². The van der Waals surface area contributed by atoms with Gasteiger partial charge in [-0.25, -0.2) is 0 Å². The fraction of sp³-hybridized carbons (Fsp3) is 0.286. The average Bonchev–Trinajstić information content (AvgIpc) is 3.05. The second kappa shape index (κ2) is 9.32. The maximum absolute atomic E-state index is 10.9. The number of hydrogen-bond donors (Lipinski definition) is 5. The summed E-state index contributed by atoms with van der Waals surface area (Å²) in [6.45, 7) is 1.58. The molecule has 0 aliphatic rings. The van der Waals surface area contributed by atoms with Crippen molar-refractivity contribution in [1.29, 1.82) is 0 Å². The molecule has 7 N–H and O–H groups in total. The summed E-state index contributed by atoms with van der Waals surface area (Å²) < 4.78 is 0. The number of carboxylic acid groups (broad SMARTS) is 1. The number of benzene rings is 2. The zero-order valence-electron chi connectivity index (χ0n) is 15.4. The number of nitrogens with one attached hydrogen (secondary N) is 1. The Kier molecular flexibility index (Phi) is 7.12. The average molecular weight is 369 g/mol. The third kappa shape index (κ3) is 5.92. The van der Waals surface area contributed by atoms with E-state index in [9.17, 15) is 4.79 Å². The first-order valence-electron chi connectivity index (χ1n) is 8.81. The van der Waals surface area contributed by atoms with Gasteiger partial charge in [0.15, 0.2) is 0 Å². The van der Waals surface area contributed by atoms with Crippen LogP contribution in [0.3, 0.4) is 0 Å². The minimum atomic E-state index is -1.23. The summed E-state index contributed by atoms with van der Waals surface area (Å²) in [6.07, 6.45) is 2.88. The summed E-state index contributed by atoms with van der Waals surface area (Å²) in [5, 5.41) is 18.7. The molecule has 6 heteroatoms. The molecule has 27 heavy (non-hydrogen) atoms. The molecule has 0 amide bonds. The molecule has 144 valence electrons. The fourth-order valence-corrected chi connectivity index (χ4v) is 2.73. The Morgan fingerprint density at radius 3 is 2.41 bits per heavy atom. The maximum Gasteiger partial charge on any atom is 0.323 e. The molecule has 0 saturated carbocycles. The molecule has 0 spiro atoms. The van der Waals surface area contributed by atoms with Crippen LogP contribution in [-0.2, 0) is 17.6 Å². The van der Waals surface area contributed by atoms with Crippen molar-refractivity contribution < 1.29 is 15.0 Å². The van der Waals surface area contributed by atoms with Gasteiger partial charge in [-0.15, -0.1) is 0 Å². The number of aliphatic hydroxyl groups is 1. The van der Waals surface area contributed by atoms with E-state index in [1.54, 1.807) is 0 Å². The molecule has 1 heterocycles. The van der Waals surface area contributed by atoms with Gasteiger partial charge in [0.05, 0.1) is 6.61 Å². The van der Waals surface area contributed by atoms with Crippen LogP contribution in [0.5, 0.6) is 0 Å².